The molecule has 1 aliphatic heterocycles. The highest BCUT2D eigenvalue weighted by Gasteiger charge is 2.33. The number of carboxylic acid groups (broad SMARTS) is 1. The highest BCUT2D eigenvalue weighted by Crippen LogP contribution is 2.30. The van der Waals surface area contributed by atoms with Crippen molar-refractivity contribution in [2.45, 2.75) is 37.0 Å². The van der Waals surface area contributed by atoms with Gasteiger partial charge in [0.15, 0.2) is 0 Å². The second kappa shape index (κ2) is 12.4. The third-order valence-electron chi connectivity index (χ3n) is 6.93. The van der Waals surface area contributed by atoms with E-state index in [9.17, 15) is 14.3 Å². The van der Waals surface area contributed by atoms with Gasteiger partial charge < -0.3 is 14.7 Å². The Labute approximate surface area is 210 Å². The number of thioether (sulfide) groups is 1. The molecular formula is C28H33FN2O3S. The smallest absolute Gasteiger partial charge is 0.308 e. The molecule has 0 aliphatic carbocycles. The third-order valence-corrected chi connectivity index (χ3v) is 8.07. The zero-order valence-electron chi connectivity index (χ0n) is 20.2. The summed E-state index contributed by atoms with van der Waals surface area (Å²) in [7, 11) is 1.66. The minimum atomic E-state index is -0.695. The number of benzene rings is 2. The van der Waals surface area contributed by atoms with Gasteiger partial charge in [0, 0.05) is 23.0 Å². The Kier molecular flexibility index (Phi) is 8.99. The number of ether oxygens (including phenoxy) is 1. The number of methoxy groups -OCH3 is 1. The molecule has 3 aromatic rings. The molecular weight excluding hydrogens is 463 g/mol. The van der Waals surface area contributed by atoms with Gasteiger partial charge in [0.1, 0.15) is 11.6 Å². The lowest BCUT2D eigenvalue weighted by Gasteiger charge is -2.36. The lowest BCUT2D eigenvalue weighted by molar-refractivity contribution is -0.146. The minimum absolute atomic E-state index is 0.178. The number of hydrogen-bond acceptors (Lipinski definition) is 5. The van der Waals surface area contributed by atoms with Crippen molar-refractivity contribution in [2.75, 3.05) is 32.5 Å². The molecule has 186 valence electrons. The van der Waals surface area contributed by atoms with Crippen LogP contribution in [-0.4, -0.2) is 53.5 Å². The minimum Gasteiger partial charge on any atom is -0.497 e. The fraction of sp³-hybridized carbons (Fsp3) is 0.429. The number of likely N-dealkylation sites (tertiary alicyclic amines) is 1. The van der Waals surface area contributed by atoms with E-state index in [-0.39, 0.29) is 17.7 Å². The van der Waals surface area contributed by atoms with Crippen LogP contribution in [0.2, 0.25) is 0 Å². The van der Waals surface area contributed by atoms with Crippen LogP contribution >= 0.6 is 11.8 Å². The summed E-state index contributed by atoms with van der Waals surface area (Å²) in [5.74, 6) is 0.625. The number of piperidine rings is 1. The van der Waals surface area contributed by atoms with Crippen molar-refractivity contribution in [3.8, 4) is 5.75 Å². The summed E-state index contributed by atoms with van der Waals surface area (Å²) >= 11 is 1.52. The van der Waals surface area contributed by atoms with Gasteiger partial charge in [0.25, 0.3) is 0 Å². The van der Waals surface area contributed by atoms with E-state index in [2.05, 4.69) is 16.0 Å². The zero-order valence-corrected chi connectivity index (χ0v) is 21.0. The quantitative estimate of drug-likeness (QED) is 0.263. The maximum Gasteiger partial charge on any atom is 0.308 e. The van der Waals surface area contributed by atoms with Crippen LogP contribution in [0.15, 0.2) is 59.6 Å². The monoisotopic (exact) mass is 496 g/mol. The van der Waals surface area contributed by atoms with E-state index in [0.717, 1.165) is 67.6 Å². The van der Waals surface area contributed by atoms with Crippen molar-refractivity contribution in [1.29, 1.82) is 0 Å². The number of hydrogen-bond donors (Lipinski definition) is 1. The molecule has 7 heteroatoms. The van der Waals surface area contributed by atoms with Crippen LogP contribution in [0.1, 0.15) is 31.2 Å². The number of aryl methyl sites for hydroxylation is 1. The van der Waals surface area contributed by atoms with Crippen LogP contribution in [0, 0.1) is 17.7 Å². The topological polar surface area (TPSA) is 62.7 Å². The summed E-state index contributed by atoms with van der Waals surface area (Å²) in [5, 5.41) is 11.0. The molecule has 1 aliphatic rings. The molecule has 0 bridgehead atoms. The summed E-state index contributed by atoms with van der Waals surface area (Å²) in [4.78, 5) is 19.4. The average Bonchev–Trinajstić information content (AvgIpc) is 2.88. The molecule has 1 saturated heterocycles. The molecule has 0 radical (unpaired) electrons. The van der Waals surface area contributed by atoms with Crippen LogP contribution in [0.25, 0.3) is 10.9 Å². The zero-order chi connectivity index (χ0) is 24.6. The molecule has 1 fully saturated rings. The van der Waals surface area contributed by atoms with Crippen molar-refractivity contribution >= 4 is 28.6 Å². The Hall–Kier alpha value is -2.64. The third kappa shape index (κ3) is 6.73. The van der Waals surface area contributed by atoms with Gasteiger partial charge >= 0.3 is 5.97 Å². The summed E-state index contributed by atoms with van der Waals surface area (Å²) < 4.78 is 19.1. The Morgan fingerprint density at radius 1 is 1.23 bits per heavy atom. The maximum absolute atomic E-state index is 13.8. The number of pyridine rings is 1. The Morgan fingerprint density at radius 2 is 2.09 bits per heavy atom. The van der Waals surface area contributed by atoms with E-state index in [1.54, 1.807) is 19.2 Å². The first-order valence-corrected chi connectivity index (χ1v) is 13.3. The number of rotatable bonds is 11. The summed E-state index contributed by atoms with van der Waals surface area (Å²) in [6.45, 7) is 2.37. The van der Waals surface area contributed by atoms with Gasteiger partial charge in [-0.1, -0.05) is 12.1 Å². The van der Waals surface area contributed by atoms with Gasteiger partial charge in [-0.2, -0.15) is 0 Å². The number of aromatic nitrogens is 1. The lowest BCUT2D eigenvalue weighted by atomic mass is 9.81. The summed E-state index contributed by atoms with van der Waals surface area (Å²) in [5.41, 5.74) is 2.18. The molecule has 0 amide bonds. The van der Waals surface area contributed by atoms with Gasteiger partial charge in [0.05, 0.1) is 18.5 Å². The normalized spacial score (nSPS) is 18.6. The highest BCUT2D eigenvalue weighted by atomic mass is 32.2. The molecule has 2 aromatic carbocycles. The maximum atomic E-state index is 13.8. The number of fused-ring (bicyclic) bond motifs is 1. The predicted octanol–water partition coefficient (Wildman–Crippen LogP) is 5.91. The van der Waals surface area contributed by atoms with E-state index in [1.165, 1.54) is 23.4 Å². The van der Waals surface area contributed by atoms with Crippen molar-refractivity contribution < 1.29 is 19.0 Å². The van der Waals surface area contributed by atoms with E-state index >= 15 is 0 Å². The Morgan fingerprint density at radius 3 is 2.89 bits per heavy atom. The second-order valence-electron chi connectivity index (χ2n) is 9.17. The van der Waals surface area contributed by atoms with Crippen molar-refractivity contribution in [3.63, 3.8) is 0 Å². The Balaban J connectivity index is 1.26. The molecule has 0 saturated carbocycles. The van der Waals surface area contributed by atoms with E-state index in [0.29, 0.717) is 11.4 Å². The summed E-state index contributed by atoms with van der Waals surface area (Å²) in [6.07, 6.45) is 6.40. The van der Waals surface area contributed by atoms with Crippen molar-refractivity contribution in [3.05, 3.63) is 66.1 Å². The number of aliphatic carboxylic acids is 1. The molecule has 5 nitrogen and oxygen atoms in total. The van der Waals surface area contributed by atoms with Crippen LogP contribution in [0.5, 0.6) is 5.75 Å². The van der Waals surface area contributed by atoms with Gasteiger partial charge in [0.2, 0.25) is 0 Å². The van der Waals surface area contributed by atoms with Crippen LogP contribution in [-0.2, 0) is 11.2 Å². The van der Waals surface area contributed by atoms with Crippen LogP contribution < -0.4 is 4.74 Å². The summed E-state index contributed by atoms with van der Waals surface area (Å²) in [6, 6.07) is 14.8. The second-order valence-corrected chi connectivity index (χ2v) is 10.3. The molecule has 2 atom stereocenters. The first-order valence-electron chi connectivity index (χ1n) is 12.3. The standard InChI is InChI=1S/C28H33FN2O3S/c1-34-22-10-11-26-23(18-22)20(12-14-30-26)6-4-7-21-13-16-31(19-24(21)28(32)33)15-5-17-35-27-9-3-2-8-25(27)29/h2-3,8-12,14,18,21,24H,4-7,13,15-17,19H2,1H3,(H,32,33)/t21-,24+/m1/s1. The van der Waals surface area contributed by atoms with E-state index < -0.39 is 5.97 Å². The van der Waals surface area contributed by atoms with Crippen molar-refractivity contribution in [2.24, 2.45) is 11.8 Å². The first kappa shape index (κ1) is 25.5. The molecule has 35 heavy (non-hydrogen) atoms. The average molecular weight is 497 g/mol. The largest absolute Gasteiger partial charge is 0.497 e. The number of carboxylic acids is 1. The Bertz CT molecular complexity index is 1140. The fourth-order valence-electron chi connectivity index (χ4n) is 5.01. The molecule has 1 aromatic heterocycles. The predicted molar refractivity (Wildman–Crippen MR) is 139 cm³/mol. The fourth-order valence-corrected chi connectivity index (χ4v) is 5.88. The van der Waals surface area contributed by atoms with Crippen LogP contribution in [0.4, 0.5) is 4.39 Å². The van der Waals surface area contributed by atoms with Crippen molar-refractivity contribution in [1.82, 2.24) is 9.88 Å². The SMILES string of the molecule is COc1ccc2nccc(CCC[C@@H]3CCN(CCCSc4ccccc4F)C[C@@H]3C(=O)O)c2c1. The van der Waals surface area contributed by atoms with Gasteiger partial charge in [-0.25, -0.2) is 4.39 Å². The van der Waals surface area contributed by atoms with Gasteiger partial charge in [-0.3, -0.25) is 9.78 Å². The van der Waals surface area contributed by atoms with E-state index in [1.807, 2.05) is 30.5 Å². The molecule has 2 heterocycles. The molecule has 0 unspecified atom stereocenters. The molecule has 0 spiro atoms. The number of halogens is 1. The van der Waals surface area contributed by atoms with Gasteiger partial charge in [-0.15, -0.1) is 11.8 Å². The van der Waals surface area contributed by atoms with E-state index in [4.69, 9.17) is 4.74 Å². The lowest BCUT2D eigenvalue weighted by Crippen LogP contribution is -2.44. The molecule has 1 N–H and O–H groups in total. The number of carbonyl (C=O) groups is 1. The van der Waals surface area contributed by atoms with Gasteiger partial charge in [-0.05, 0) is 98.8 Å². The first-order chi connectivity index (χ1) is 17.0. The van der Waals surface area contributed by atoms with Crippen LogP contribution in [0.3, 0.4) is 0 Å². The molecule has 4 rings (SSSR count). The highest BCUT2D eigenvalue weighted by molar-refractivity contribution is 7.99. The number of nitrogens with zero attached hydrogens (tertiary/aromatic N) is 2.